The minimum atomic E-state index is -0.694. The minimum Gasteiger partial charge on any atom is -0.493 e. The van der Waals surface area contributed by atoms with Gasteiger partial charge in [0.05, 0.1) is 22.6 Å². The van der Waals surface area contributed by atoms with E-state index in [1.165, 1.54) is 37.5 Å². The molecule has 34 heavy (non-hydrogen) atoms. The summed E-state index contributed by atoms with van der Waals surface area (Å²) >= 11 is 6.10. The topological polar surface area (TPSA) is 100 Å². The predicted molar refractivity (Wildman–Crippen MR) is 122 cm³/mol. The summed E-state index contributed by atoms with van der Waals surface area (Å²) in [6, 6.07) is 14.8. The molecule has 0 spiro atoms. The third-order valence-electron chi connectivity index (χ3n) is 4.81. The quantitative estimate of drug-likeness (QED) is 0.195. The first-order valence-electron chi connectivity index (χ1n) is 9.86. The molecular weight excluding hydrogens is 467 g/mol. The van der Waals surface area contributed by atoms with Crippen LogP contribution in [0.15, 0.2) is 71.4 Å². The van der Waals surface area contributed by atoms with Gasteiger partial charge in [-0.25, -0.2) is 14.2 Å². The van der Waals surface area contributed by atoms with Crippen LogP contribution >= 0.6 is 11.6 Å². The molecule has 0 radical (unpaired) electrons. The van der Waals surface area contributed by atoms with Crippen LogP contribution in [0.25, 0.3) is 6.08 Å². The molecule has 1 aliphatic rings. The zero-order valence-electron chi connectivity index (χ0n) is 17.7. The lowest BCUT2D eigenvalue weighted by molar-refractivity contribution is -0.384. The lowest BCUT2D eigenvalue weighted by Crippen LogP contribution is -2.06. The molecule has 0 saturated heterocycles. The summed E-state index contributed by atoms with van der Waals surface area (Å²) in [6.45, 7) is 0.215. The summed E-state index contributed by atoms with van der Waals surface area (Å²) < 4.78 is 29.4. The second-order valence-corrected chi connectivity index (χ2v) is 7.49. The molecule has 0 N–H and O–H groups in total. The van der Waals surface area contributed by atoms with Crippen molar-refractivity contribution in [1.82, 2.24) is 0 Å². The number of methoxy groups -OCH3 is 1. The van der Waals surface area contributed by atoms with E-state index in [4.69, 9.17) is 25.8 Å². The van der Waals surface area contributed by atoms with Crippen molar-refractivity contribution in [3.05, 3.63) is 104 Å². The third kappa shape index (κ3) is 5.05. The van der Waals surface area contributed by atoms with Crippen molar-refractivity contribution in [2.75, 3.05) is 7.11 Å². The summed E-state index contributed by atoms with van der Waals surface area (Å²) in [6.07, 6.45) is 1.50. The number of hydrogen-bond donors (Lipinski definition) is 0. The Labute approximate surface area is 198 Å². The molecule has 0 aliphatic carbocycles. The molecule has 0 bridgehead atoms. The van der Waals surface area contributed by atoms with Crippen molar-refractivity contribution in [3.63, 3.8) is 0 Å². The van der Waals surface area contributed by atoms with Crippen molar-refractivity contribution in [2.24, 2.45) is 4.99 Å². The highest BCUT2D eigenvalue weighted by atomic mass is 35.5. The summed E-state index contributed by atoms with van der Waals surface area (Å²) in [7, 11) is 1.48. The molecule has 1 aliphatic heterocycles. The van der Waals surface area contributed by atoms with Gasteiger partial charge in [-0.05, 0) is 47.5 Å². The van der Waals surface area contributed by atoms with Crippen LogP contribution in [0.1, 0.15) is 16.7 Å². The number of esters is 1. The molecule has 0 fully saturated rings. The second-order valence-electron chi connectivity index (χ2n) is 7.08. The van der Waals surface area contributed by atoms with Crippen LogP contribution < -0.4 is 9.47 Å². The summed E-state index contributed by atoms with van der Waals surface area (Å²) in [5.41, 5.74) is 1.47. The Morgan fingerprint density at radius 3 is 2.56 bits per heavy atom. The number of nitrogens with zero attached hydrogens (tertiary/aromatic N) is 2. The Balaban J connectivity index is 1.55. The van der Waals surface area contributed by atoms with Gasteiger partial charge in [0.2, 0.25) is 5.90 Å². The fourth-order valence-corrected chi connectivity index (χ4v) is 3.36. The molecule has 0 aromatic heterocycles. The van der Waals surface area contributed by atoms with Gasteiger partial charge in [-0.3, -0.25) is 10.1 Å². The summed E-state index contributed by atoms with van der Waals surface area (Å²) in [4.78, 5) is 26.8. The van der Waals surface area contributed by atoms with Gasteiger partial charge in [-0.2, -0.15) is 0 Å². The zero-order valence-corrected chi connectivity index (χ0v) is 18.4. The molecule has 0 unspecified atom stereocenters. The Morgan fingerprint density at radius 2 is 1.88 bits per heavy atom. The number of carbonyl (C=O) groups excluding carboxylic acids is 1. The molecule has 0 atom stereocenters. The van der Waals surface area contributed by atoms with Gasteiger partial charge in [0.1, 0.15) is 12.4 Å². The van der Waals surface area contributed by atoms with E-state index in [0.717, 1.165) is 11.6 Å². The van der Waals surface area contributed by atoms with E-state index in [1.54, 1.807) is 30.3 Å². The number of benzene rings is 3. The molecule has 3 aromatic carbocycles. The molecule has 3 aromatic rings. The van der Waals surface area contributed by atoms with Crippen molar-refractivity contribution >= 4 is 35.2 Å². The number of hydrogen-bond acceptors (Lipinski definition) is 7. The first kappa shape index (κ1) is 22.9. The number of aliphatic imine (C=N–C) groups is 1. The monoisotopic (exact) mass is 482 g/mol. The van der Waals surface area contributed by atoms with Crippen LogP contribution in [0.3, 0.4) is 0 Å². The van der Waals surface area contributed by atoms with Gasteiger partial charge >= 0.3 is 5.97 Å². The van der Waals surface area contributed by atoms with E-state index in [-0.39, 0.29) is 40.3 Å². The van der Waals surface area contributed by atoms with Crippen molar-refractivity contribution in [1.29, 1.82) is 0 Å². The number of ether oxygens (including phenoxy) is 3. The fourth-order valence-electron chi connectivity index (χ4n) is 3.11. The van der Waals surface area contributed by atoms with Gasteiger partial charge in [0.25, 0.3) is 5.69 Å². The SMILES string of the molecule is COc1cc(/C=C2\N=C(c3ccc([N+](=O)[O-])cc3Cl)OC2=O)ccc1OCc1ccc(F)cc1. The van der Waals surface area contributed by atoms with Crippen molar-refractivity contribution in [2.45, 2.75) is 6.61 Å². The van der Waals surface area contributed by atoms with Gasteiger partial charge in [-0.1, -0.05) is 29.8 Å². The number of cyclic esters (lactones) is 1. The molecule has 0 amide bonds. The second kappa shape index (κ2) is 9.72. The van der Waals surface area contributed by atoms with Crippen molar-refractivity contribution < 1.29 is 28.3 Å². The standard InChI is InChI=1S/C24H16ClFN2O6/c1-32-22-11-15(4-9-21(22)33-13-14-2-5-16(26)6-3-14)10-20-24(29)34-23(27-20)18-8-7-17(28(30)31)12-19(18)25/h2-12H,13H2,1H3/b20-10-. The van der Waals surface area contributed by atoms with Crippen LogP contribution in [0.2, 0.25) is 5.02 Å². The number of non-ortho nitro benzene ring substituents is 1. The fraction of sp³-hybridized carbons (Fsp3) is 0.0833. The Bertz CT molecular complexity index is 1340. The summed E-state index contributed by atoms with van der Waals surface area (Å²) in [5.74, 6) is -0.191. The van der Waals surface area contributed by atoms with Crippen molar-refractivity contribution in [3.8, 4) is 11.5 Å². The van der Waals surface area contributed by atoms with Crippen LogP contribution in [0.4, 0.5) is 10.1 Å². The average Bonchev–Trinajstić information content (AvgIpc) is 3.18. The van der Waals surface area contributed by atoms with E-state index in [2.05, 4.69) is 4.99 Å². The lowest BCUT2D eigenvalue weighted by atomic mass is 10.1. The summed E-state index contributed by atoms with van der Waals surface area (Å²) in [5, 5.41) is 10.9. The number of halogens is 2. The predicted octanol–water partition coefficient (Wildman–Crippen LogP) is 5.32. The lowest BCUT2D eigenvalue weighted by Gasteiger charge is -2.11. The van der Waals surface area contributed by atoms with Gasteiger partial charge in [0, 0.05) is 12.1 Å². The Kier molecular flexibility index (Phi) is 6.55. The molecule has 172 valence electrons. The van der Waals surface area contributed by atoms with E-state index in [1.807, 2.05) is 0 Å². The molecular formula is C24H16ClFN2O6. The molecule has 4 rings (SSSR count). The minimum absolute atomic E-state index is 0.0199. The molecule has 0 saturated carbocycles. The number of nitro benzene ring substituents is 1. The zero-order chi connectivity index (χ0) is 24.2. The number of rotatable bonds is 7. The van der Waals surface area contributed by atoms with Crippen LogP contribution in [-0.2, 0) is 16.1 Å². The van der Waals surface area contributed by atoms with Gasteiger partial charge in [0.15, 0.2) is 17.2 Å². The van der Waals surface area contributed by atoms with E-state index in [9.17, 15) is 19.3 Å². The van der Waals surface area contributed by atoms with Crippen LogP contribution in [0, 0.1) is 15.9 Å². The molecule has 8 nitrogen and oxygen atoms in total. The number of carbonyl (C=O) groups is 1. The van der Waals surface area contributed by atoms with Gasteiger partial charge < -0.3 is 14.2 Å². The highest BCUT2D eigenvalue weighted by Crippen LogP contribution is 2.31. The van der Waals surface area contributed by atoms with E-state index >= 15 is 0 Å². The highest BCUT2D eigenvalue weighted by molar-refractivity contribution is 6.34. The Hall–Kier alpha value is -4.24. The largest absolute Gasteiger partial charge is 0.493 e. The smallest absolute Gasteiger partial charge is 0.363 e. The first-order valence-corrected chi connectivity index (χ1v) is 10.2. The molecule has 1 heterocycles. The van der Waals surface area contributed by atoms with Crippen LogP contribution in [-0.4, -0.2) is 23.9 Å². The third-order valence-corrected chi connectivity index (χ3v) is 5.13. The number of nitro groups is 1. The van der Waals surface area contributed by atoms with E-state index in [0.29, 0.717) is 17.1 Å². The normalized spacial score (nSPS) is 14.0. The maximum Gasteiger partial charge on any atom is 0.363 e. The first-order chi connectivity index (χ1) is 16.3. The van der Waals surface area contributed by atoms with Gasteiger partial charge in [-0.15, -0.1) is 0 Å². The highest BCUT2D eigenvalue weighted by Gasteiger charge is 2.26. The van der Waals surface area contributed by atoms with E-state index < -0.39 is 10.9 Å². The maximum atomic E-state index is 13.1. The maximum absolute atomic E-state index is 13.1. The van der Waals surface area contributed by atoms with Crippen LogP contribution in [0.5, 0.6) is 11.5 Å². The average molecular weight is 483 g/mol. The Morgan fingerprint density at radius 1 is 1.12 bits per heavy atom. The molecule has 10 heteroatoms.